The maximum atomic E-state index is 10.6. The van der Waals surface area contributed by atoms with Crippen molar-refractivity contribution in [3.63, 3.8) is 0 Å². The van der Waals surface area contributed by atoms with Crippen LogP contribution in [0.25, 0.3) is 0 Å². The smallest absolute Gasteiger partial charge is 0.248 e. The van der Waals surface area contributed by atoms with Crippen molar-refractivity contribution in [3.05, 3.63) is 65.7 Å². The van der Waals surface area contributed by atoms with Gasteiger partial charge in [-0.25, -0.2) is 0 Å². The summed E-state index contributed by atoms with van der Waals surface area (Å²) in [7, 11) is 0. The first-order valence-corrected chi connectivity index (χ1v) is 5.20. The fourth-order valence-electron chi connectivity index (χ4n) is 1.28. The zero-order valence-electron chi connectivity index (χ0n) is 9.63. The maximum absolute atomic E-state index is 10.6. The van der Waals surface area contributed by atoms with Crippen LogP contribution >= 0.6 is 0 Å². The summed E-state index contributed by atoms with van der Waals surface area (Å²) >= 11 is 0. The summed E-state index contributed by atoms with van der Waals surface area (Å²) in [6.07, 6.45) is 0. The molecule has 0 bridgehead atoms. The number of phenolic OH excluding ortho intramolecular Hbond substituents is 1. The summed E-state index contributed by atoms with van der Waals surface area (Å²) in [6, 6.07) is 16.0. The maximum Gasteiger partial charge on any atom is 0.248 e. The van der Waals surface area contributed by atoms with E-state index < -0.39 is 0 Å². The third-order valence-corrected chi connectivity index (χ3v) is 2.17. The van der Waals surface area contributed by atoms with Crippen molar-refractivity contribution in [3.8, 4) is 5.75 Å². The van der Waals surface area contributed by atoms with Crippen LogP contribution in [0.5, 0.6) is 5.75 Å². The number of carbonyl (C=O) groups excluding carboxylic acids is 1. The number of benzene rings is 2. The number of phenols is 1. The van der Waals surface area contributed by atoms with Crippen LogP contribution in [0.3, 0.4) is 0 Å². The molecule has 0 unspecified atom stereocenters. The minimum absolute atomic E-state index is 0.322. The van der Waals surface area contributed by atoms with Gasteiger partial charge >= 0.3 is 0 Å². The summed E-state index contributed by atoms with van der Waals surface area (Å²) < 4.78 is 0. The van der Waals surface area contributed by atoms with E-state index in [0.29, 0.717) is 11.3 Å². The molecule has 0 saturated heterocycles. The Morgan fingerprint density at radius 1 is 1.00 bits per heavy atom. The lowest BCUT2D eigenvalue weighted by Gasteiger charge is -1.97. The lowest BCUT2D eigenvalue weighted by Crippen LogP contribution is -2.12. The predicted octanol–water partition coefficient (Wildman–Crippen LogP) is 2.49. The lowest BCUT2D eigenvalue weighted by molar-refractivity contribution is 0.0999. The second-order valence-corrected chi connectivity index (χ2v) is 3.51. The van der Waals surface area contributed by atoms with Gasteiger partial charge in [0.15, 0.2) is 0 Å². The molecule has 3 nitrogen and oxygen atoms in total. The van der Waals surface area contributed by atoms with Crippen LogP contribution in [0.2, 0.25) is 0 Å². The van der Waals surface area contributed by atoms with Crippen LogP contribution in [-0.2, 0) is 0 Å². The fraction of sp³-hybridized carbons (Fsp3) is 0.0714. The molecule has 0 aliphatic heterocycles. The Balaban J connectivity index is 0.000000181. The number of amides is 1. The van der Waals surface area contributed by atoms with Crippen molar-refractivity contribution in [2.24, 2.45) is 5.73 Å². The van der Waals surface area contributed by atoms with Crippen molar-refractivity contribution in [2.75, 3.05) is 0 Å². The second-order valence-electron chi connectivity index (χ2n) is 3.51. The quantitative estimate of drug-likeness (QED) is 0.789. The Morgan fingerprint density at radius 3 is 1.88 bits per heavy atom. The molecule has 0 atom stereocenters. The number of carbonyl (C=O) groups is 1. The van der Waals surface area contributed by atoms with Gasteiger partial charge in [-0.15, -0.1) is 0 Å². The fourth-order valence-corrected chi connectivity index (χ4v) is 1.28. The number of para-hydroxylation sites is 1. The monoisotopic (exact) mass is 229 g/mol. The average molecular weight is 229 g/mol. The van der Waals surface area contributed by atoms with Gasteiger partial charge in [-0.05, 0) is 30.7 Å². The molecule has 17 heavy (non-hydrogen) atoms. The average Bonchev–Trinajstić information content (AvgIpc) is 2.31. The standard InChI is InChI=1S/C8H9NO.C6H6O/c1-6-4-2-3-5-7(6)8(9)10;7-6-4-2-1-3-5-6/h2-5H,1H3,(H2,9,10);1-5,7H. The van der Waals surface area contributed by atoms with Gasteiger partial charge < -0.3 is 10.8 Å². The van der Waals surface area contributed by atoms with Crippen molar-refractivity contribution in [1.29, 1.82) is 0 Å². The Morgan fingerprint density at radius 2 is 1.53 bits per heavy atom. The van der Waals surface area contributed by atoms with E-state index >= 15 is 0 Å². The Kier molecular flexibility index (Phi) is 4.76. The van der Waals surface area contributed by atoms with E-state index in [-0.39, 0.29) is 5.91 Å². The summed E-state index contributed by atoms with van der Waals surface area (Å²) in [5.41, 5.74) is 6.60. The molecule has 0 saturated carbocycles. The number of aromatic hydroxyl groups is 1. The van der Waals surface area contributed by atoms with Gasteiger partial charge in [-0.1, -0.05) is 36.4 Å². The molecule has 2 rings (SSSR count). The van der Waals surface area contributed by atoms with Gasteiger partial charge in [0.2, 0.25) is 5.91 Å². The third-order valence-electron chi connectivity index (χ3n) is 2.17. The molecular weight excluding hydrogens is 214 g/mol. The minimum atomic E-state index is -0.363. The van der Waals surface area contributed by atoms with Gasteiger partial charge in [-0.3, -0.25) is 4.79 Å². The minimum Gasteiger partial charge on any atom is -0.508 e. The van der Waals surface area contributed by atoms with Gasteiger partial charge in [0.1, 0.15) is 5.75 Å². The zero-order valence-corrected chi connectivity index (χ0v) is 9.63. The van der Waals surface area contributed by atoms with E-state index in [2.05, 4.69) is 0 Å². The van der Waals surface area contributed by atoms with E-state index in [0.717, 1.165) is 5.56 Å². The van der Waals surface area contributed by atoms with Crippen LogP contribution < -0.4 is 5.73 Å². The van der Waals surface area contributed by atoms with Gasteiger partial charge in [0.25, 0.3) is 0 Å². The second kappa shape index (κ2) is 6.33. The number of hydrogen-bond acceptors (Lipinski definition) is 2. The van der Waals surface area contributed by atoms with E-state index in [9.17, 15) is 4.79 Å². The lowest BCUT2D eigenvalue weighted by atomic mass is 10.1. The molecule has 3 N–H and O–H groups in total. The number of nitrogens with two attached hydrogens (primary N) is 1. The number of rotatable bonds is 1. The first-order valence-electron chi connectivity index (χ1n) is 5.20. The van der Waals surface area contributed by atoms with Crippen LogP contribution in [0.15, 0.2) is 54.6 Å². The summed E-state index contributed by atoms with van der Waals surface area (Å²) in [5.74, 6) is -0.0411. The van der Waals surface area contributed by atoms with Crippen LogP contribution in [0.1, 0.15) is 15.9 Å². The Hall–Kier alpha value is -2.29. The topological polar surface area (TPSA) is 63.3 Å². The highest BCUT2D eigenvalue weighted by Gasteiger charge is 2.00. The molecule has 0 aliphatic carbocycles. The van der Waals surface area contributed by atoms with Crippen molar-refractivity contribution >= 4 is 5.91 Å². The largest absolute Gasteiger partial charge is 0.508 e. The van der Waals surface area contributed by atoms with Crippen LogP contribution in [-0.4, -0.2) is 11.0 Å². The zero-order chi connectivity index (χ0) is 12.7. The molecular formula is C14H15NO2. The molecule has 0 aromatic heterocycles. The highest BCUT2D eigenvalue weighted by Crippen LogP contribution is 2.04. The molecule has 1 amide bonds. The first-order chi connectivity index (χ1) is 8.11. The van der Waals surface area contributed by atoms with Crippen LogP contribution in [0, 0.1) is 6.92 Å². The van der Waals surface area contributed by atoms with Crippen molar-refractivity contribution in [2.45, 2.75) is 6.92 Å². The Bertz CT molecular complexity index is 481. The van der Waals surface area contributed by atoms with Gasteiger partial charge in [-0.2, -0.15) is 0 Å². The molecule has 0 heterocycles. The van der Waals surface area contributed by atoms with Crippen molar-refractivity contribution < 1.29 is 9.90 Å². The molecule has 2 aromatic rings. The highest BCUT2D eigenvalue weighted by atomic mass is 16.3. The normalized spacial score (nSPS) is 9.00. The number of hydrogen-bond donors (Lipinski definition) is 2. The van der Waals surface area contributed by atoms with Crippen LogP contribution in [0.4, 0.5) is 0 Å². The highest BCUT2D eigenvalue weighted by molar-refractivity contribution is 5.94. The van der Waals surface area contributed by atoms with Crippen molar-refractivity contribution in [1.82, 2.24) is 0 Å². The third kappa shape index (κ3) is 4.38. The summed E-state index contributed by atoms with van der Waals surface area (Å²) in [5, 5.41) is 8.63. The number of primary amides is 1. The first kappa shape index (κ1) is 12.8. The van der Waals surface area contributed by atoms with Gasteiger partial charge in [0, 0.05) is 5.56 Å². The van der Waals surface area contributed by atoms with E-state index in [1.807, 2.05) is 25.1 Å². The SMILES string of the molecule is Cc1ccccc1C(N)=O.Oc1ccccc1. The molecule has 0 aliphatic rings. The molecule has 0 spiro atoms. The van der Waals surface area contributed by atoms with Gasteiger partial charge in [0.05, 0.1) is 0 Å². The molecule has 3 heteroatoms. The molecule has 0 radical (unpaired) electrons. The summed E-state index contributed by atoms with van der Waals surface area (Å²) in [4.78, 5) is 10.6. The predicted molar refractivity (Wildman–Crippen MR) is 67.8 cm³/mol. The Labute approximate surface area is 101 Å². The molecule has 2 aromatic carbocycles. The number of aryl methyl sites for hydroxylation is 1. The van der Waals surface area contributed by atoms with E-state index in [1.54, 1.807) is 36.4 Å². The van der Waals surface area contributed by atoms with E-state index in [1.165, 1.54) is 0 Å². The van der Waals surface area contributed by atoms with E-state index in [4.69, 9.17) is 10.8 Å². The summed E-state index contributed by atoms with van der Waals surface area (Å²) in [6.45, 7) is 1.86. The molecule has 88 valence electrons. The molecule has 0 fully saturated rings.